The number of methoxy groups -OCH3 is 1. The third-order valence-electron chi connectivity index (χ3n) is 2.06. The molecule has 0 aromatic heterocycles. The molecule has 82 valence electrons. The summed E-state index contributed by atoms with van der Waals surface area (Å²) in [5.41, 5.74) is 0. The van der Waals surface area contributed by atoms with Crippen molar-refractivity contribution in [2.24, 2.45) is 0 Å². The standard InChI is InChI=1S/C10H12O5/c1-14-9(12)5-6-10(13)15-8-4-2-3-7(8)11/h5-6,8H,2-4H2,1H3/b6-5+/t8-/m0/s1. The molecule has 0 amide bonds. The summed E-state index contributed by atoms with van der Waals surface area (Å²) in [6.07, 6.45) is 3.05. The SMILES string of the molecule is COC(=O)/C=C/C(=O)O[C@H]1CCCC1=O. The second-order valence-electron chi connectivity index (χ2n) is 3.14. The Morgan fingerprint density at radius 3 is 2.53 bits per heavy atom. The number of Topliss-reactive ketones (excluding diaryl/α,β-unsaturated/α-hetero) is 1. The van der Waals surface area contributed by atoms with Gasteiger partial charge < -0.3 is 9.47 Å². The summed E-state index contributed by atoms with van der Waals surface area (Å²) < 4.78 is 9.13. The van der Waals surface area contributed by atoms with Crippen LogP contribution in [0.15, 0.2) is 12.2 Å². The fourth-order valence-electron chi connectivity index (χ4n) is 1.29. The second kappa shape index (κ2) is 5.29. The summed E-state index contributed by atoms with van der Waals surface area (Å²) in [5.74, 6) is -1.39. The maximum atomic E-state index is 11.1. The smallest absolute Gasteiger partial charge is 0.331 e. The summed E-state index contributed by atoms with van der Waals surface area (Å²) >= 11 is 0. The van der Waals surface area contributed by atoms with Gasteiger partial charge in [-0.3, -0.25) is 4.79 Å². The molecular formula is C10H12O5. The van der Waals surface area contributed by atoms with Gasteiger partial charge in [0, 0.05) is 18.6 Å². The lowest BCUT2D eigenvalue weighted by Crippen LogP contribution is -2.20. The van der Waals surface area contributed by atoms with E-state index in [1.807, 2.05) is 0 Å². The molecule has 1 aliphatic carbocycles. The molecular weight excluding hydrogens is 200 g/mol. The molecule has 0 aromatic carbocycles. The quantitative estimate of drug-likeness (QED) is 0.499. The Bertz CT molecular complexity index is 305. The van der Waals surface area contributed by atoms with E-state index in [0.717, 1.165) is 18.6 Å². The van der Waals surface area contributed by atoms with Crippen LogP contribution in [0, 0.1) is 0 Å². The van der Waals surface area contributed by atoms with E-state index in [0.29, 0.717) is 12.8 Å². The Hall–Kier alpha value is -1.65. The zero-order valence-electron chi connectivity index (χ0n) is 8.39. The summed E-state index contributed by atoms with van der Waals surface area (Å²) in [7, 11) is 1.21. The van der Waals surface area contributed by atoms with Crippen LogP contribution < -0.4 is 0 Å². The van der Waals surface area contributed by atoms with Gasteiger partial charge in [0.2, 0.25) is 0 Å². The maximum absolute atomic E-state index is 11.1. The molecule has 1 atom stereocenters. The fourth-order valence-corrected chi connectivity index (χ4v) is 1.29. The van der Waals surface area contributed by atoms with Gasteiger partial charge >= 0.3 is 11.9 Å². The van der Waals surface area contributed by atoms with Crippen LogP contribution in [0.4, 0.5) is 0 Å². The molecule has 0 unspecified atom stereocenters. The van der Waals surface area contributed by atoms with E-state index in [1.54, 1.807) is 0 Å². The molecule has 0 N–H and O–H groups in total. The lowest BCUT2D eigenvalue weighted by atomic mass is 10.3. The first-order valence-corrected chi connectivity index (χ1v) is 4.63. The average Bonchev–Trinajstić information content (AvgIpc) is 2.61. The number of ether oxygens (including phenoxy) is 2. The summed E-state index contributed by atoms with van der Waals surface area (Å²) in [5, 5.41) is 0. The molecule has 1 fully saturated rings. The lowest BCUT2D eigenvalue weighted by Gasteiger charge is -2.07. The Balaban J connectivity index is 2.39. The number of hydrogen-bond donors (Lipinski definition) is 0. The average molecular weight is 212 g/mol. The number of carbonyl (C=O) groups excluding carboxylic acids is 3. The van der Waals surface area contributed by atoms with Gasteiger partial charge in [-0.05, 0) is 12.8 Å². The lowest BCUT2D eigenvalue weighted by molar-refractivity contribution is -0.148. The zero-order chi connectivity index (χ0) is 11.3. The van der Waals surface area contributed by atoms with E-state index in [4.69, 9.17) is 4.74 Å². The Labute approximate surface area is 87.0 Å². The highest BCUT2D eigenvalue weighted by Gasteiger charge is 2.27. The predicted octanol–water partition coefficient (Wildman–Crippen LogP) is 0.380. The molecule has 15 heavy (non-hydrogen) atoms. The number of hydrogen-bond acceptors (Lipinski definition) is 5. The van der Waals surface area contributed by atoms with Crippen LogP contribution in [0.5, 0.6) is 0 Å². The maximum Gasteiger partial charge on any atom is 0.331 e. The van der Waals surface area contributed by atoms with E-state index >= 15 is 0 Å². The minimum atomic E-state index is -0.694. The first-order chi connectivity index (χ1) is 7.13. The van der Waals surface area contributed by atoms with Crippen molar-refractivity contribution in [1.82, 2.24) is 0 Å². The van der Waals surface area contributed by atoms with E-state index in [9.17, 15) is 14.4 Å². The Kier molecular flexibility index (Phi) is 4.03. The minimum Gasteiger partial charge on any atom is -0.466 e. The van der Waals surface area contributed by atoms with Gasteiger partial charge in [0.15, 0.2) is 11.9 Å². The topological polar surface area (TPSA) is 69.7 Å². The van der Waals surface area contributed by atoms with E-state index < -0.39 is 18.0 Å². The van der Waals surface area contributed by atoms with Gasteiger partial charge in [0.25, 0.3) is 0 Å². The van der Waals surface area contributed by atoms with Crippen molar-refractivity contribution in [3.8, 4) is 0 Å². The number of esters is 2. The van der Waals surface area contributed by atoms with Gasteiger partial charge in [0.1, 0.15) is 0 Å². The highest BCUT2D eigenvalue weighted by molar-refractivity contribution is 5.93. The highest BCUT2D eigenvalue weighted by atomic mass is 16.5. The molecule has 0 aliphatic heterocycles. The van der Waals surface area contributed by atoms with Crippen molar-refractivity contribution < 1.29 is 23.9 Å². The number of ketones is 1. The molecule has 0 bridgehead atoms. The van der Waals surface area contributed by atoms with Crippen molar-refractivity contribution in [2.45, 2.75) is 25.4 Å². The fraction of sp³-hybridized carbons (Fsp3) is 0.500. The van der Waals surface area contributed by atoms with Gasteiger partial charge in [-0.2, -0.15) is 0 Å². The molecule has 5 nitrogen and oxygen atoms in total. The van der Waals surface area contributed by atoms with Crippen molar-refractivity contribution in [2.75, 3.05) is 7.11 Å². The Morgan fingerprint density at radius 1 is 1.33 bits per heavy atom. The van der Waals surface area contributed by atoms with Crippen LogP contribution in [0.2, 0.25) is 0 Å². The van der Waals surface area contributed by atoms with Crippen LogP contribution in [0.25, 0.3) is 0 Å². The van der Waals surface area contributed by atoms with Gasteiger partial charge in [0.05, 0.1) is 7.11 Å². The molecule has 1 saturated carbocycles. The third-order valence-corrected chi connectivity index (χ3v) is 2.06. The molecule has 0 radical (unpaired) electrons. The van der Waals surface area contributed by atoms with Crippen molar-refractivity contribution in [3.05, 3.63) is 12.2 Å². The molecule has 0 saturated heterocycles. The highest BCUT2D eigenvalue weighted by Crippen LogP contribution is 2.17. The molecule has 1 rings (SSSR count). The van der Waals surface area contributed by atoms with Crippen molar-refractivity contribution in [3.63, 3.8) is 0 Å². The van der Waals surface area contributed by atoms with Gasteiger partial charge in [-0.15, -0.1) is 0 Å². The van der Waals surface area contributed by atoms with Crippen molar-refractivity contribution in [1.29, 1.82) is 0 Å². The zero-order valence-corrected chi connectivity index (χ0v) is 8.39. The van der Waals surface area contributed by atoms with Gasteiger partial charge in [-0.1, -0.05) is 0 Å². The first-order valence-electron chi connectivity index (χ1n) is 4.63. The molecule has 5 heteroatoms. The van der Waals surface area contributed by atoms with Crippen LogP contribution in [-0.2, 0) is 23.9 Å². The van der Waals surface area contributed by atoms with E-state index in [2.05, 4.69) is 4.74 Å². The molecule has 0 aromatic rings. The molecule has 0 spiro atoms. The first kappa shape index (κ1) is 11.4. The third kappa shape index (κ3) is 3.53. The van der Waals surface area contributed by atoms with Crippen LogP contribution in [0.3, 0.4) is 0 Å². The van der Waals surface area contributed by atoms with Crippen LogP contribution in [-0.4, -0.2) is 30.9 Å². The Morgan fingerprint density at radius 2 is 2.00 bits per heavy atom. The van der Waals surface area contributed by atoms with Crippen molar-refractivity contribution >= 4 is 17.7 Å². The van der Waals surface area contributed by atoms with E-state index in [-0.39, 0.29) is 5.78 Å². The monoisotopic (exact) mass is 212 g/mol. The van der Waals surface area contributed by atoms with E-state index in [1.165, 1.54) is 7.11 Å². The summed E-state index contributed by atoms with van der Waals surface area (Å²) in [6, 6.07) is 0. The normalized spacial score (nSPS) is 20.6. The van der Waals surface area contributed by atoms with Gasteiger partial charge in [-0.25, -0.2) is 9.59 Å². The van der Waals surface area contributed by atoms with Crippen LogP contribution in [0.1, 0.15) is 19.3 Å². The summed E-state index contributed by atoms with van der Waals surface area (Å²) in [4.78, 5) is 32.8. The summed E-state index contributed by atoms with van der Waals surface area (Å²) in [6.45, 7) is 0. The van der Waals surface area contributed by atoms with Crippen LogP contribution >= 0.6 is 0 Å². The predicted molar refractivity (Wildman–Crippen MR) is 49.9 cm³/mol. The molecule has 1 aliphatic rings. The minimum absolute atomic E-state index is 0.0604. The number of rotatable bonds is 3. The molecule has 0 heterocycles. The number of carbonyl (C=O) groups is 3. The second-order valence-corrected chi connectivity index (χ2v) is 3.14. The largest absolute Gasteiger partial charge is 0.466 e.